The minimum Gasteiger partial charge on any atom is -0.468 e. The fourth-order valence-corrected chi connectivity index (χ4v) is 10.6. The number of fused-ring (bicyclic) bond motifs is 7. The molecule has 0 amide bonds. The molecule has 10 atom stereocenters. The standard InChI is InChI=1S/C31H48O5/c1-18-10-13-31(26(35)36-7)15-14-29(5)20(24(31)19(18)2)8-9-23-27(3)16-21(33)25(34)28(4,17-32)22(27)11-12-30(23,29)6/h8,18,21-23,25,32-34H,9-17H2,1-7H3. The zero-order chi connectivity index (χ0) is 26.5. The lowest BCUT2D eigenvalue weighted by Gasteiger charge is -2.70. The van der Waals surface area contributed by atoms with Crippen LogP contribution >= 0.6 is 0 Å². The average Bonchev–Trinajstić information content (AvgIpc) is 2.84. The van der Waals surface area contributed by atoms with Gasteiger partial charge in [-0.15, -0.1) is 0 Å². The van der Waals surface area contributed by atoms with Gasteiger partial charge in [0.05, 0.1) is 31.3 Å². The molecule has 0 heterocycles. The Labute approximate surface area is 217 Å². The molecule has 5 aliphatic carbocycles. The molecular weight excluding hydrogens is 452 g/mol. The number of rotatable bonds is 2. The predicted octanol–water partition coefficient (Wildman–Crippen LogP) is 5.19. The Balaban J connectivity index is 1.66. The third-order valence-electron chi connectivity index (χ3n) is 13.1. The van der Waals surface area contributed by atoms with E-state index in [-0.39, 0.29) is 34.7 Å². The highest BCUT2D eigenvalue weighted by molar-refractivity contribution is 5.84. The maximum atomic E-state index is 13.4. The third kappa shape index (κ3) is 2.97. The van der Waals surface area contributed by atoms with E-state index < -0.39 is 23.0 Å². The van der Waals surface area contributed by atoms with E-state index >= 15 is 0 Å². The van der Waals surface area contributed by atoms with Gasteiger partial charge in [0.25, 0.3) is 0 Å². The van der Waals surface area contributed by atoms with E-state index in [9.17, 15) is 20.1 Å². The summed E-state index contributed by atoms with van der Waals surface area (Å²) in [6, 6.07) is 0. The first kappa shape index (κ1) is 26.4. The molecule has 36 heavy (non-hydrogen) atoms. The van der Waals surface area contributed by atoms with Gasteiger partial charge in [0.2, 0.25) is 0 Å². The van der Waals surface area contributed by atoms with Crippen molar-refractivity contribution in [1.82, 2.24) is 0 Å². The summed E-state index contributed by atoms with van der Waals surface area (Å²) in [5.74, 6) is 0.870. The molecule has 5 heteroatoms. The van der Waals surface area contributed by atoms with E-state index in [1.807, 2.05) is 6.92 Å². The van der Waals surface area contributed by atoms with Gasteiger partial charge in [-0.3, -0.25) is 4.79 Å². The normalized spacial score (nSPS) is 52.4. The maximum absolute atomic E-state index is 13.4. The van der Waals surface area contributed by atoms with E-state index in [4.69, 9.17) is 4.74 Å². The first-order chi connectivity index (χ1) is 16.8. The van der Waals surface area contributed by atoms with E-state index in [1.165, 1.54) is 23.8 Å². The fraction of sp³-hybridized carbons (Fsp3) is 0.839. The molecule has 0 spiro atoms. The SMILES string of the molecule is COC(=O)C12CCC(C)C(C)=C1C1=CCC3C4(C)CC(O)C(O)C(C)(CO)C4CCC3(C)C1(C)CC2. The Morgan fingerprint density at radius 3 is 2.39 bits per heavy atom. The zero-order valence-electron chi connectivity index (χ0n) is 23.5. The highest BCUT2D eigenvalue weighted by Crippen LogP contribution is 2.75. The van der Waals surface area contributed by atoms with Crippen molar-refractivity contribution in [3.8, 4) is 0 Å². The number of allylic oxidation sites excluding steroid dienone is 3. The maximum Gasteiger partial charge on any atom is 0.316 e. The largest absolute Gasteiger partial charge is 0.468 e. The van der Waals surface area contributed by atoms with Crippen LogP contribution in [-0.2, 0) is 9.53 Å². The van der Waals surface area contributed by atoms with Crippen molar-refractivity contribution < 1.29 is 24.9 Å². The third-order valence-corrected chi connectivity index (χ3v) is 13.1. The number of aliphatic hydroxyl groups is 3. The molecule has 3 N–H and O–H groups in total. The zero-order valence-corrected chi connectivity index (χ0v) is 23.5. The molecule has 10 unspecified atom stereocenters. The quantitative estimate of drug-likeness (QED) is 0.455. The van der Waals surface area contributed by atoms with Gasteiger partial charge in [-0.2, -0.15) is 0 Å². The molecule has 5 rings (SSSR count). The van der Waals surface area contributed by atoms with Crippen molar-refractivity contribution in [3.05, 3.63) is 22.8 Å². The van der Waals surface area contributed by atoms with E-state index in [1.54, 1.807) is 0 Å². The van der Waals surface area contributed by atoms with E-state index in [0.717, 1.165) is 44.9 Å². The van der Waals surface area contributed by atoms with Crippen LogP contribution in [0.5, 0.6) is 0 Å². The summed E-state index contributed by atoms with van der Waals surface area (Å²) in [6.45, 7) is 13.6. The molecule has 0 aromatic rings. The lowest BCUT2D eigenvalue weighted by molar-refractivity contribution is -0.240. The van der Waals surface area contributed by atoms with Crippen molar-refractivity contribution in [1.29, 1.82) is 0 Å². The Morgan fingerprint density at radius 1 is 1.06 bits per heavy atom. The van der Waals surface area contributed by atoms with Crippen LogP contribution in [0.2, 0.25) is 0 Å². The number of ether oxygens (including phenoxy) is 1. The van der Waals surface area contributed by atoms with Crippen LogP contribution < -0.4 is 0 Å². The number of carbonyl (C=O) groups is 1. The molecule has 5 nitrogen and oxygen atoms in total. The number of aliphatic hydroxyl groups excluding tert-OH is 3. The second-order valence-corrected chi connectivity index (χ2v) is 14.2. The summed E-state index contributed by atoms with van der Waals surface area (Å²) in [5.41, 5.74) is 2.51. The molecule has 202 valence electrons. The van der Waals surface area contributed by atoms with Crippen LogP contribution in [0.1, 0.15) is 92.9 Å². The van der Waals surface area contributed by atoms with Crippen LogP contribution in [0.15, 0.2) is 22.8 Å². The summed E-state index contributed by atoms with van der Waals surface area (Å²) >= 11 is 0. The van der Waals surface area contributed by atoms with Crippen molar-refractivity contribution in [2.24, 2.45) is 44.8 Å². The second-order valence-electron chi connectivity index (χ2n) is 14.2. The van der Waals surface area contributed by atoms with Crippen molar-refractivity contribution >= 4 is 5.97 Å². The van der Waals surface area contributed by atoms with E-state index in [0.29, 0.717) is 18.3 Å². The van der Waals surface area contributed by atoms with Crippen LogP contribution in [0.4, 0.5) is 0 Å². The Morgan fingerprint density at radius 2 is 1.75 bits per heavy atom. The summed E-state index contributed by atoms with van der Waals surface area (Å²) in [6.07, 6.45) is 7.81. The van der Waals surface area contributed by atoms with Crippen molar-refractivity contribution in [3.63, 3.8) is 0 Å². The van der Waals surface area contributed by atoms with Gasteiger partial charge in [-0.25, -0.2) is 0 Å². The first-order valence-electron chi connectivity index (χ1n) is 14.2. The Bertz CT molecular complexity index is 1010. The van der Waals surface area contributed by atoms with Crippen molar-refractivity contribution in [2.45, 2.75) is 105 Å². The average molecular weight is 501 g/mol. The lowest BCUT2D eigenvalue weighted by atomic mass is 9.34. The number of esters is 1. The highest BCUT2D eigenvalue weighted by atomic mass is 16.5. The minimum atomic E-state index is -0.901. The number of hydrogen-bond donors (Lipinski definition) is 3. The number of hydrogen-bond acceptors (Lipinski definition) is 5. The topological polar surface area (TPSA) is 87.0 Å². The molecule has 0 aromatic carbocycles. The summed E-state index contributed by atoms with van der Waals surface area (Å²) in [5, 5.41) is 32.4. The highest BCUT2D eigenvalue weighted by Gasteiger charge is 2.69. The molecule has 0 aromatic heterocycles. The molecule has 0 aliphatic heterocycles. The van der Waals surface area contributed by atoms with Gasteiger partial charge >= 0.3 is 5.97 Å². The van der Waals surface area contributed by atoms with Gasteiger partial charge < -0.3 is 20.1 Å². The Hall–Kier alpha value is -1.17. The molecule has 5 aliphatic rings. The Kier molecular flexibility index (Phi) is 6.00. The predicted molar refractivity (Wildman–Crippen MR) is 140 cm³/mol. The summed E-state index contributed by atoms with van der Waals surface area (Å²) < 4.78 is 5.45. The van der Waals surface area contributed by atoms with Crippen LogP contribution in [-0.4, -0.2) is 47.2 Å². The monoisotopic (exact) mass is 500 g/mol. The smallest absolute Gasteiger partial charge is 0.316 e. The van der Waals surface area contributed by atoms with Gasteiger partial charge in [0.15, 0.2) is 0 Å². The minimum absolute atomic E-state index is 0.00302. The fourth-order valence-electron chi connectivity index (χ4n) is 10.6. The van der Waals surface area contributed by atoms with Gasteiger partial charge in [-0.1, -0.05) is 46.3 Å². The van der Waals surface area contributed by atoms with Crippen molar-refractivity contribution in [2.75, 3.05) is 13.7 Å². The lowest BCUT2D eigenvalue weighted by Crippen LogP contribution is -2.67. The van der Waals surface area contributed by atoms with Gasteiger partial charge in [0.1, 0.15) is 0 Å². The first-order valence-corrected chi connectivity index (χ1v) is 14.2. The number of carbonyl (C=O) groups excluding carboxylic acids is 1. The molecule has 3 fully saturated rings. The van der Waals surface area contributed by atoms with Crippen LogP contribution in [0.3, 0.4) is 0 Å². The molecular formula is C31H48O5. The number of methoxy groups -OCH3 is 1. The van der Waals surface area contributed by atoms with Gasteiger partial charge in [-0.05, 0) is 103 Å². The van der Waals surface area contributed by atoms with E-state index in [2.05, 4.69) is 40.7 Å². The molecule has 3 saturated carbocycles. The van der Waals surface area contributed by atoms with Crippen LogP contribution in [0, 0.1) is 44.8 Å². The summed E-state index contributed by atoms with van der Waals surface area (Å²) in [4.78, 5) is 13.4. The molecule has 0 saturated heterocycles. The summed E-state index contributed by atoms with van der Waals surface area (Å²) in [7, 11) is 1.53. The second kappa shape index (κ2) is 8.16. The van der Waals surface area contributed by atoms with Crippen LogP contribution in [0.25, 0.3) is 0 Å². The molecule has 0 bridgehead atoms. The molecule has 0 radical (unpaired) electrons. The van der Waals surface area contributed by atoms with Gasteiger partial charge in [0, 0.05) is 5.41 Å².